The van der Waals surface area contributed by atoms with E-state index in [-0.39, 0.29) is 35.5 Å². The Morgan fingerprint density at radius 2 is 2.12 bits per heavy atom. The number of cyclic esters (lactones) is 1. The summed E-state index contributed by atoms with van der Waals surface area (Å²) in [7, 11) is 1.34. The van der Waals surface area contributed by atoms with Crippen molar-refractivity contribution in [3.8, 4) is 11.8 Å². The Balaban J connectivity index is 1.34. The minimum Gasteiger partial charge on any atom is -0.496 e. The van der Waals surface area contributed by atoms with Crippen LogP contribution in [0.15, 0.2) is 24.3 Å². The van der Waals surface area contributed by atoms with E-state index in [0.29, 0.717) is 38.0 Å². The highest BCUT2D eigenvalue weighted by atomic mass is 19.1. The Bertz CT molecular complexity index is 1170. The molecule has 1 amide bonds. The zero-order chi connectivity index (χ0) is 24.4. The van der Waals surface area contributed by atoms with E-state index in [1.54, 1.807) is 18.2 Å². The number of nitrogens with one attached hydrogen (secondary N) is 1. The third-order valence-electron chi connectivity index (χ3n) is 6.58. The number of benzene rings is 2. The first-order chi connectivity index (χ1) is 16.3. The molecule has 0 bridgehead atoms. The number of halogens is 1. The largest absolute Gasteiger partial charge is 0.496 e. The summed E-state index contributed by atoms with van der Waals surface area (Å²) in [6.45, 7) is 3.92. The van der Waals surface area contributed by atoms with Gasteiger partial charge in [0, 0.05) is 37.3 Å². The number of hydrogen-bond donors (Lipinski definition) is 2. The Kier molecular flexibility index (Phi) is 6.82. The number of rotatable bonds is 6. The van der Waals surface area contributed by atoms with E-state index >= 15 is 0 Å². The van der Waals surface area contributed by atoms with Crippen molar-refractivity contribution < 1.29 is 28.6 Å². The molecule has 1 saturated heterocycles. The third-order valence-corrected chi connectivity index (χ3v) is 6.58. The number of aliphatic hydroxyl groups excluding tert-OH is 1. The van der Waals surface area contributed by atoms with Crippen molar-refractivity contribution in [1.29, 1.82) is 5.26 Å². The predicted octanol–water partition coefficient (Wildman–Crippen LogP) is 2.61. The molecule has 0 saturated carbocycles. The van der Waals surface area contributed by atoms with Gasteiger partial charge in [0.05, 0.1) is 29.9 Å². The first-order valence-electron chi connectivity index (χ1n) is 11.1. The molecule has 1 unspecified atom stereocenters. The molecule has 0 spiro atoms. The monoisotopic (exact) mass is 467 g/mol. The van der Waals surface area contributed by atoms with Crippen LogP contribution in [0.1, 0.15) is 61.9 Å². The van der Waals surface area contributed by atoms with Crippen LogP contribution in [0, 0.1) is 24.1 Å². The van der Waals surface area contributed by atoms with Gasteiger partial charge in [0.2, 0.25) is 0 Å². The lowest BCUT2D eigenvalue weighted by Crippen LogP contribution is -2.45. The van der Waals surface area contributed by atoms with Gasteiger partial charge >= 0.3 is 5.97 Å². The van der Waals surface area contributed by atoms with Crippen LogP contribution in [0.25, 0.3) is 0 Å². The Morgan fingerprint density at radius 3 is 2.79 bits per heavy atom. The van der Waals surface area contributed by atoms with E-state index in [1.807, 2.05) is 6.92 Å². The molecule has 2 aromatic carbocycles. The third kappa shape index (κ3) is 4.60. The van der Waals surface area contributed by atoms with Gasteiger partial charge in [-0.25, -0.2) is 9.18 Å². The number of hydrogen-bond acceptors (Lipinski definition) is 7. The first kappa shape index (κ1) is 23.7. The molecule has 2 aromatic rings. The van der Waals surface area contributed by atoms with E-state index in [2.05, 4.69) is 10.2 Å². The van der Waals surface area contributed by atoms with Crippen LogP contribution in [0.4, 0.5) is 4.39 Å². The molecule has 1 atom stereocenters. The average molecular weight is 467 g/mol. The van der Waals surface area contributed by atoms with Crippen LogP contribution in [-0.2, 0) is 11.3 Å². The van der Waals surface area contributed by atoms with Gasteiger partial charge in [0.25, 0.3) is 5.91 Å². The maximum atomic E-state index is 13.8. The fourth-order valence-electron chi connectivity index (χ4n) is 4.58. The quantitative estimate of drug-likeness (QED) is 0.628. The minimum atomic E-state index is -0.736. The molecule has 9 heteroatoms. The van der Waals surface area contributed by atoms with Crippen LogP contribution in [-0.4, -0.2) is 54.7 Å². The summed E-state index contributed by atoms with van der Waals surface area (Å²) in [5.41, 5.74) is 2.95. The van der Waals surface area contributed by atoms with Gasteiger partial charge < -0.3 is 24.8 Å². The fraction of sp³-hybridized carbons (Fsp3) is 0.400. The summed E-state index contributed by atoms with van der Waals surface area (Å²) >= 11 is 0. The number of aliphatic hydroxyl groups is 1. The normalized spacial score (nSPS) is 17.0. The van der Waals surface area contributed by atoms with Gasteiger partial charge in [-0.15, -0.1) is 0 Å². The summed E-state index contributed by atoms with van der Waals surface area (Å²) in [6, 6.07) is 7.38. The number of likely N-dealkylation sites (tertiary alicyclic amines) is 1. The second-order valence-electron chi connectivity index (χ2n) is 8.59. The number of nitrogens with zero attached hydrogens (tertiary/aromatic N) is 2. The maximum Gasteiger partial charge on any atom is 0.338 e. The highest BCUT2D eigenvalue weighted by Crippen LogP contribution is 2.30. The van der Waals surface area contributed by atoms with E-state index in [1.165, 1.54) is 13.2 Å². The molecule has 34 heavy (non-hydrogen) atoms. The van der Waals surface area contributed by atoms with Crippen LogP contribution in [0.5, 0.6) is 5.75 Å². The second-order valence-corrected chi connectivity index (χ2v) is 8.59. The Hall–Kier alpha value is -3.48. The highest BCUT2D eigenvalue weighted by Gasteiger charge is 2.28. The number of amides is 1. The molecule has 4 rings (SSSR count). The van der Waals surface area contributed by atoms with Gasteiger partial charge in [-0.05, 0) is 43.0 Å². The lowest BCUT2D eigenvalue weighted by atomic mass is 9.94. The molecule has 178 valence electrons. The summed E-state index contributed by atoms with van der Waals surface area (Å²) in [4.78, 5) is 26.6. The number of carbonyl (C=O) groups excluding carboxylic acids is 2. The van der Waals surface area contributed by atoms with Crippen molar-refractivity contribution in [1.82, 2.24) is 10.2 Å². The molecular formula is C25H26FN3O5. The Morgan fingerprint density at radius 1 is 1.38 bits per heavy atom. The lowest BCUT2D eigenvalue weighted by molar-refractivity contribution is 0.0534. The van der Waals surface area contributed by atoms with Crippen molar-refractivity contribution in [3.63, 3.8) is 0 Å². The summed E-state index contributed by atoms with van der Waals surface area (Å²) in [6.07, 6.45) is 0.650. The van der Waals surface area contributed by atoms with Crippen molar-refractivity contribution in [2.24, 2.45) is 0 Å². The van der Waals surface area contributed by atoms with Crippen LogP contribution < -0.4 is 10.1 Å². The number of carbonyl (C=O) groups is 2. The van der Waals surface area contributed by atoms with E-state index in [0.717, 1.165) is 22.8 Å². The highest BCUT2D eigenvalue weighted by molar-refractivity contribution is 5.97. The van der Waals surface area contributed by atoms with Gasteiger partial charge in [-0.1, -0.05) is 6.07 Å². The van der Waals surface area contributed by atoms with E-state index < -0.39 is 17.8 Å². The predicted molar refractivity (Wildman–Crippen MR) is 120 cm³/mol. The second kappa shape index (κ2) is 9.79. The molecule has 8 nitrogen and oxygen atoms in total. The number of ether oxygens (including phenoxy) is 2. The minimum absolute atomic E-state index is 0.0753. The maximum absolute atomic E-state index is 13.8. The van der Waals surface area contributed by atoms with Gasteiger partial charge in [0.1, 0.15) is 24.2 Å². The number of β-amino-alcohol motifs (C(OH)–C–C–N with tert-alkyl or cyclic N) is 1. The zero-order valence-corrected chi connectivity index (χ0v) is 19.1. The molecule has 0 aromatic heterocycles. The first-order valence-corrected chi connectivity index (χ1v) is 11.1. The van der Waals surface area contributed by atoms with Crippen molar-refractivity contribution in [2.75, 3.05) is 26.7 Å². The number of piperidine rings is 1. The van der Waals surface area contributed by atoms with Gasteiger partial charge in [0.15, 0.2) is 0 Å². The van der Waals surface area contributed by atoms with Gasteiger partial charge in [-0.2, -0.15) is 5.26 Å². The lowest BCUT2D eigenvalue weighted by Gasteiger charge is -2.34. The SMILES string of the molecule is COc1cc(F)c(C#N)cc1C(=O)NC1CCN(CC(O)c2ccc3c(c2C)COC3=O)CC1. The molecule has 0 radical (unpaired) electrons. The topological polar surface area (TPSA) is 112 Å². The molecular weight excluding hydrogens is 441 g/mol. The summed E-state index contributed by atoms with van der Waals surface area (Å²) in [5, 5.41) is 22.8. The average Bonchev–Trinajstić information content (AvgIpc) is 3.21. The smallest absolute Gasteiger partial charge is 0.338 e. The van der Waals surface area contributed by atoms with Crippen molar-refractivity contribution in [3.05, 3.63) is 63.5 Å². The molecule has 2 aliphatic heterocycles. The van der Waals surface area contributed by atoms with Crippen molar-refractivity contribution in [2.45, 2.75) is 38.5 Å². The standard InChI is InChI=1S/C25H26FN3O5/c1-14-17(3-4-18-20(14)13-34-25(18)32)22(30)12-29-7-5-16(6-8-29)28-24(31)19-9-15(11-27)21(26)10-23(19)33-2/h3-4,9-10,16,22,30H,5-8,12-13H2,1-2H3,(H,28,31). The number of nitriles is 1. The molecule has 2 heterocycles. The van der Waals surface area contributed by atoms with E-state index in [4.69, 9.17) is 14.7 Å². The molecule has 0 aliphatic carbocycles. The van der Waals surface area contributed by atoms with Crippen LogP contribution in [0.2, 0.25) is 0 Å². The van der Waals surface area contributed by atoms with Crippen molar-refractivity contribution >= 4 is 11.9 Å². The summed E-state index contributed by atoms with van der Waals surface area (Å²) < 4.78 is 24.0. The van der Waals surface area contributed by atoms with Crippen LogP contribution >= 0.6 is 0 Å². The fourth-order valence-corrected chi connectivity index (χ4v) is 4.58. The van der Waals surface area contributed by atoms with Crippen LogP contribution in [0.3, 0.4) is 0 Å². The summed E-state index contributed by atoms with van der Waals surface area (Å²) in [5.74, 6) is -1.41. The zero-order valence-electron chi connectivity index (χ0n) is 19.1. The van der Waals surface area contributed by atoms with E-state index in [9.17, 15) is 19.1 Å². The molecule has 2 aliphatic rings. The number of fused-ring (bicyclic) bond motifs is 1. The molecule has 1 fully saturated rings. The number of esters is 1. The molecule has 2 N–H and O–H groups in total. The Labute approximate surface area is 196 Å². The van der Waals surface area contributed by atoms with Gasteiger partial charge in [-0.3, -0.25) is 4.79 Å². The number of methoxy groups -OCH3 is 1.